The summed E-state index contributed by atoms with van der Waals surface area (Å²) in [4.78, 5) is 23.8. The Bertz CT molecular complexity index is 658. The van der Waals surface area contributed by atoms with Crippen LogP contribution < -0.4 is 0 Å². The van der Waals surface area contributed by atoms with Crippen LogP contribution in [0.25, 0.3) is 0 Å². The summed E-state index contributed by atoms with van der Waals surface area (Å²) >= 11 is 0. The van der Waals surface area contributed by atoms with Crippen molar-refractivity contribution in [2.24, 2.45) is 0 Å². The molecule has 1 atom stereocenters. The largest absolute Gasteiger partial charge is 0.479 e. The van der Waals surface area contributed by atoms with Crippen molar-refractivity contribution in [3.8, 4) is 0 Å². The van der Waals surface area contributed by atoms with Gasteiger partial charge in [0.05, 0.1) is 13.2 Å². The van der Waals surface area contributed by atoms with Crippen molar-refractivity contribution >= 4 is 21.8 Å². The first-order valence-corrected chi connectivity index (χ1v) is 7.21. The van der Waals surface area contributed by atoms with Gasteiger partial charge >= 0.3 is 11.8 Å². The molecule has 0 aliphatic carbocycles. The van der Waals surface area contributed by atoms with E-state index in [1.807, 2.05) is 0 Å². The number of sulfonamides is 1. The zero-order valence-electron chi connectivity index (χ0n) is 10.6. The highest BCUT2D eigenvalue weighted by molar-refractivity contribution is 7.89. The fourth-order valence-electron chi connectivity index (χ4n) is 1.78. The molecule has 1 aromatic rings. The third-order valence-electron chi connectivity index (χ3n) is 2.85. The minimum Gasteiger partial charge on any atom is -0.479 e. The third kappa shape index (κ3) is 3.15. The fraction of sp³-hybridized carbons (Fsp3) is 0.400. The van der Waals surface area contributed by atoms with E-state index in [0.717, 1.165) is 22.6 Å². The Labute approximate surface area is 119 Å². The number of pyridine rings is 1. The van der Waals surface area contributed by atoms with Gasteiger partial charge in [0.25, 0.3) is 0 Å². The van der Waals surface area contributed by atoms with Crippen LogP contribution in [0.5, 0.6) is 0 Å². The number of carboxylic acid groups (broad SMARTS) is 1. The standard InChI is InChI=1S/C10H11N3O7S/c14-10(15)8-6-12(3-4-20-8)21(18,19)7-1-2-9(11-5-7)13(16)17/h1-2,5,8H,3-4,6H2,(H,14,15). The summed E-state index contributed by atoms with van der Waals surface area (Å²) in [5, 5.41) is 19.3. The lowest BCUT2D eigenvalue weighted by Crippen LogP contribution is -2.48. The summed E-state index contributed by atoms with van der Waals surface area (Å²) < 4.78 is 30.5. The molecule has 21 heavy (non-hydrogen) atoms. The Kier molecular flexibility index (Phi) is 4.16. The van der Waals surface area contributed by atoms with Gasteiger partial charge in [0, 0.05) is 12.6 Å². The van der Waals surface area contributed by atoms with Crippen molar-refractivity contribution < 1.29 is 28.0 Å². The van der Waals surface area contributed by atoms with E-state index >= 15 is 0 Å². The first-order chi connectivity index (χ1) is 9.82. The smallest absolute Gasteiger partial charge is 0.363 e. The van der Waals surface area contributed by atoms with Gasteiger partial charge in [0.15, 0.2) is 12.3 Å². The van der Waals surface area contributed by atoms with Crippen molar-refractivity contribution in [2.45, 2.75) is 11.0 Å². The van der Waals surface area contributed by atoms with Crippen LogP contribution in [0, 0.1) is 10.1 Å². The molecular weight excluding hydrogens is 306 g/mol. The van der Waals surface area contributed by atoms with Gasteiger partial charge in [0.1, 0.15) is 4.90 Å². The number of hydrogen-bond acceptors (Lipinski definition) is 7. The molecule has 0 bridgehead atoms. The fourth-order valence-corrected chi connectivity index (χ4v) is 3.15. The Morgan fingerprint density at radius 2 is 2.24 bits per heavy atom. The van der Waals surface area contributed by atoms with Crippen LogP contribution in [0.3, 0.4) is 0 Å². The average molecular weight is 317 g/mol. The van der Waals surface area contributed by atoms with Crippen LogP contribution in [-0.2, 0) is 19.6 Å². The van der Waals surface area contributed by atoms with E-state index in [1.54, 1.807) is 0 Å². The topological polar surface area (TPSA) is 140 Å². The maximum Gasteiger partial charge on any atom is 0.363 e. The molecule has 1 aliphatic rings. The van der Waals surface area contributed by atoms with Crippen LogP contribution in [-0.4, -0.2) is 59.5 Å². The molecular formula is C10H11N3O7S. The van der Waals surface area contributed by atoms with Crippen molar-refractivity contribution in [1.82, 2.24) is 9.29 Å². The van der Waals surface area contributed by atoms with Crippen molar-refractivity contribution in [3.63, 3.8) is 0 Å². The second-order valence-corrected chi connectivity index (χ2v) is 6.11. The van der Waals surface area contributed by atoms with E-state index in [-0.39, 0.29) is 24.6 Å². The molecule has 0 spiro atoms. The molecule has 114 valence electrons. The van der Waals surface area contributed by atoms with Crippen molar-refractivity contribution in [2.75, 3.05) is 19.7 Å². The Balaban J connectivity index is 2.24. The van der Waals surface area contributed by atoms with Gasteiger partial charge in [0.2, 0.25) is 10.0 Å². The van der Waals surface area contributed by atoms with Gasteiger partial charge in [-0.15, -0.1) is 0 Å². The number of ether oxygens (including phenoxy) is 1. The number of rotatable bonds is 4. The van der Waals surface area contributed by atoms with Crippen LogP contribution in [0.15, 0.2) is 23.2 Å². The van der Waals surface area contributed by atoms with Crippen LogP contribution >= 0.6 is 0 Å². The summed E-state index contributed by atoms with van der Waals surface area (Å²) in [6.45, 7) is -0.367. The summed E-state index contributed by atoms with van der Waals surface area (Å²) in [5.74, 6) is -1.73. The van der Waals surface area contributed by atoms with E-state index in [9.17, 15) is 23.3 Å². The Morgan fingerprint density at radius 1 is 1.52 bits per heavy atom. The number of aromatic nitrogens is 1. The number of morpholine rings is 1. The molecule has 0 amide bonds. The minimum atomic E-state index is -3.97. The van der Waals surface area contributed by atoms with E-state index in [1.165, 1.54) is 0 Å². The van der Waals surface area contributed by atoms with Crippen LogP contribution in [0.2, 0.25) is 0 Å². The molecule has 11 heteroatoms. The molecule has 0 aromatic carbocycles. The molecule has 1 fully saturated rings. The second kappa shape index (κ2) is 5.71. The third-order valence-corrected chi connectivity index (χ3v) is 4.70. The highest BCUT2D eigenvalue weighted by Crippen LogP contribution is 2.19. The molecule has 2 rings (SSSR count). The maximum absolute atomic E-state index is 12.3. The predicted molar refractivity (Wildman–Crippen MR) is 67.0 cm³/mol. The summed E-state index contributed by atoms with van der Waals surface area (Å²) in [6, 6.07) is 2.04. The lowest BCUT2D eigenvalue weighted by atomic mass is 10.3. The average Bonchev–Trinajstić information content (AvgIpc) is 2.47. The quantitative estimate of drug-likeness (QED) is 0.577. The first kappa shape index (κ1) is 15.3. The van der Waals surface area contributed by atoms with Crippen LogP contribution in [0.4, 0.5) is 5.82 Å². The minimum absolute atomic E-state index is 0.00308. The highest BCUT2D eigenvalue weighted by Gasteiger charge is 2.34. The number of carbonyl (C=O) groups is 1. The summed E-state index contributed by atoms with van der Waals surface area (Å²) in [6.07, 6.45) is -0.363. The molecule has 2 heterocycles. The zero-order chi connectivity index (χ0) is 15.6. The van der Waals surface area contributed by atoms with E-state index in [0.29, 0.717) is 0 Å². The van der Waals surface area contributed by atoms with Gasteiger partial charge in [-0.25, -0.2) is 13.2 Å². The number of nitrogens with zero attached hydrogens (tertiary/aromatic N) is 3. The number of aliphatic carboxylic acids is 1. The van der Waals surface area contributed by atoms with Crippen molar-refractivity contribution in [3.05, 3.63) is 28.4 Å². The predicted octanol–water partition coefficient (Wildman–Crippen LogP) is -0.536. The lowest BCUT2D eigenvalue weighted by Gasteiger charge is -2.29. The second-order valence-electron chi connectivity index (χ2n) is 4.17. The van der Waals surface area contributed by atoms with Gasteiger partial charge in [-0.05, 0) is 16.0 Å². The number of hydrogen-bond donors (Lipinski definition) is 1. The van der Waals surface area contributed by atoms with Gasteiger partial charge in [-0.1, -0.05) is 0 Å². The molecule has 0 saturated carbocycles. The highest BCUT2D eigenvalue weighted by atomic mass is 32.2. The SMILES string of the molecule is O=C(O)C1CN(S(=O)(=O)c2ccc([N+](=O)[O-])nc2)CCO1. The molecule has 1 N–H and O–H groups in total. The first-order valence-electron chi connectivity index (χ1n) is 5.77. The monoisotopic (exact) mass is 317 g/mol. The summed E-state index contributed by atoms with van der Waals surface area (Å²) in [7, 11) is -3.97. The lowest BCUT2D eigenvalue weighted by molar-refractivity contribution is -0.389. The van der Waals surface area contributed by atoms with Crippen molar-refractivity contribution in [1.29, 1.82) is 0 Å². The van der Waals surface area contributed by atoms with E-state index in [4.69, 9.17) is 9.84 Å². The molecule has 1 aromatic heterocycles. The zero-order valence-corrected chi connectivity index (χ0v) is 11.4. The molecule has 1 unspecified atom stereocenters. The normalized spacial score (nSPS) is 20.1. The Hall–Kier alpha value is -2.11. The molecule has 1 saturated heterocycles. The number of nitro groups is 1. The van der Waals surface area contributed by atoms with Gasteiger partial charge in [-0.3, -0.25) is 0 Å². The molecule has 0 radical (unpaired) electrons. The maximum atomic E-state index is 12.3. The van der Waals surface area contributed by atoms with E-state index < -0.39 is 32.8 Å². The molecule has 10 nitrogen and oxygen atoms in total. The molecule has 1 aliphatic heterocycles. The van der Waals surface area contributed by atoms with Gasteiger partial charge in [-0.2, -0.15) is 4.31 Å². The van der Waals surface area contributed by atoms with Crippen LogP contribution in [0.1, 0.15) is 0 Å². The number of carboxylic acids is 1. The van der Waals surface area contributed by atoms with E-state index in [2.05, 4.69) is 4.98 Å². The van der Waals surface area contributed by atoms with Gasteiger partial charge < -0.3 is 20.0 Å². The Morgan fingerprint density at radius 3 is 2.76 bits per heavy atom. The summed E-state index contributed by atoms with van der Waals surface area (Å²) in [5.41, 5.74) is 0.